The van der Waals surface area contributed by atoms with Crippen molar-refractivity contribution in [2.45, 2.75) is 5.16 Å². The molecule has 0 spiro atoms. The summed E-state index contributed by atoms with van der Waals surface area (Å²) in [5.74, 6) is -0.266. The van der Waals surface area contributed by atoms with Gasteiger partial charge in [-0.2, -0.15) is 0 Å². The molecule has 2 rings (SSSR count). The average molecular weight is 410 g/mol. The van der Waals surface area contributed by atoms with E-state index in [4.69, 9.17) is 16.7 Å². The number of carboxylic acid groups (broad SMARTS) is 1. The third-order valence-corrected chi connectivity index (χ3v) is 4.91. The van der Waals surface area contributed by atoms with Crippen LogP contribution in [0.5, 0.6) is 0 Å². The summed E-state index contributed by atoms with van der Waals surface area (Å²) in [5.41, 5.74) is 0.850. The van der Waals surface area contributed by atoms with E-state index in [0.717, 1.165) is 20.9 Å². The van der Waals surface area contributed by atoms with Crippen LogP contribution in [0.15, 0.2) is 23.4 Å². The number of hydrogen-bond donors (Lipinski definition) is 1. The third kappa shape index (κ3) is 3.40. The second kappa shape index (κ2) is 6.10. The molecule has 8 heteroatoms. The topological polar surface area (TPSA) is 68.0 Å². The Hall–Kier alpha value is -0.800. The molecular formula is C11H9ClIN3O2S. The minimum atomic E-state index is -0.883. The van der Waals surface area contributed by atoms with Gasteiger partial charge in [-0.1, -0.05) is 29.4 Å². The Morgan fingerprint density at radius 2 is 2.26 bits per heavy atom. The fourth-order valence-electron chi connectivity index (χ4n) is 1.45. The second-order valence-corrected chi connectivity index (χ2v) is 6.19. The van der Waals surface area contributed by atoms with Crippen molar-refractivity contribution in [2.75, 3.05) is 5.75 Å². The molecule has 0 amide bonds. The highest BCUT2D eigenvalue weighted by molar-refractivity contribution is 14.1. The van der Waals surface area contributed by atoms with Gasteiger partial charge in [0.1, 0.15) is 0 Å². The number of aromatic nitrogens is 3. The number of hydrogen-bond acceptors (Lipinski definition) is 4. The molecule has 0 bridgehead atoms. The lowest BCUT2D eigenvalue weighted by atomic mass is 10.2. The monoisotopic (exact) mass is 409 g/mol. The molecular weight excluding hydrogens is 401 g/mol. The van der Waals surface area contributed by atoms with Gasteiger partial charge in [-0.05, 0) is 34.7 Å². The van der Waals surface area contributed by atoms with Gasteiger partial charge in [-0.25, -0.2) is 0 Å². The summed E-state index contributed by atoms with van der Waals surface area (Å²) >= 11 is 9.36. The first kappa shape index (κ1) is 14.6. The van der Waals surface area contributed by atoms with Gasteiger partial charge in [0, 0.05) is 16.2 Å². The van der Waals surface area contributed by atoms with Crippen molar-refractivity contribution in [3.05, 3.63) is 26.8 Å². The van der Waals surface area contributed by atoms with Gasteiger partial charge < -0.3 is 9.67 Å². The van der Waals surface area contributed by atoms with Crippen molar-refractivity contribution < 1.29 is 9.90 Å². The highest BCUT2D eigenvalue weighted by Gasteiger charge is 2.13. The molecule has 0 fully saturated rings. The van der Waals surface area contributed by atoms with E-state index in [0.29, 0.717) is 16.0 Å². The normalized spacial score (nSPS) is 10.7. The molecule has 0 radical (unpaired) electrons. The zero-order valence-corrected chi connectivity index (χ0v) is 13.5. The van der Waals surface area contributed by atoms with Crippen molar-refractivity contribution in [1.82, 2.24) is 14.8 Å². The largest absolute Gasteiger partial charge is 0.481 e. The van der Waals surface area contributed by atoms with Crippen LogP contribution in [0.4, 0.5) is 0 Å². The fraction of sp³-hybridized carbons (Fsp3) is 0.182. The van der Waals surface area contributed by atoms with Crippen LogP contribution in [0.2, 0.25) is 5.02 Å². The molecule has 0 unspecified atom stereocenters. The highest BCUT2D eigenvalue weighted by Crippen LogP contribution is 2.27. The minimum Gasteiger partial charge on any atom is -0.481 e. The lowest BCUT2D eigenvalue weighted by Gasteiger charge is -2.04. The summed E-state index contributed by atoms with van der Waals surface area (Å²) in [7, 11) is 1.80. The van der Waals surface area contributed by atoms with E-state index < -0.39 is 5.97 Å². The molecule has 1 aromatic heterocycles. The Bertz CT molecular complexity index is 632. The van der Waals surface area contributed by atoms with Gasteiger partial charge in [0.2, 0.25) is 0 Å². The number of thioether (sulfide) groups is 1. The Morgan fingerprint density at radius 3 is 2.89 bits per heavy atom. The lowest BCUT2D eigenvalue weighted by molar-refractivity contribution is -0.133. The number of nitrogens with zero attached hydrogens (tertiary/aromatic N) is 3. The van der Waals surface area contributed by atoms with Crippen LogP contribution >= 0.6 is 46.0 Å². The number of rotatable bonds is 4. The van der Waals surface area contributed by atoms with Gasteiger partial charge in [-0.3, -0.25) is 4.79 Å². The average Bonchev–Trinajstić information content (AvgIpc) is 2.72. The lowest BCUT2D eigenvalue weighted by Crippen LogP contribution is -2.01. The van der Waals surface area contributed by atoms with E-state index in [1.54, 1.807) is 11.6 Å². The molecule has 5 nitrogen and oxygen atoms in total. The number of carboxylic acids is 1. The molecule has 19 heavy (non-hydrogen) atoms. The summed E-state index contributed by atoms with van der Waals surface area (Å²) in [6, 6.07) is 5.62. The fourth-order valence-corrected chi connectivity index (χ4v) is 2.60. The van der Waals surface area contributed by atoms with Crippen molar-refractivity contribution in [1.29, 1.82) is 0 Å². The standard InChI is InChI=1S/C11H9ClIN3O2S/c1-16-10(6-2-3-8(13)7(12)4-6)14-15-11(16)19-5-9(17)18/h2-4H,5H2,1H3,(H,17,18). The number of aliphatic carboxylic acids is 1. The summed E-state index contributed by atoms with van der Waals surface area (Å²) < 4.78 is 2.72. The van der Waals surface area contributed by atoms with Gasteiger partial charge in [0.15, 0.2) is 11.0 Å². The maximum atomic E-state index is 10.5. The zero-order valence-electron chi connectivity index (χ0n) is 9.80. The van der Waals surface area contributed by atoms with E-state index in [1.807, 2.05) is 18.2 Å². The Labute approximate surface area is 132 Å². The third-order valence-electron chi connectivity index (χ3n) is 2.34. The maximum absolute atomic E-state index is 10.5. The summed E-state index contributed by atoms with van der Waals surface area (Å²) in [6.45, 7) is 0. The molecule has 0 aliphatic carbocycles. The molecule has 0 aliphatic rings. The number of halogens is 2. The highest BCUT2D eigenvalue weighted by atomic mass is 127. The quantitative estimate of drug-likeness (QED) is 0.621. The number of carbonyl (C=O) groups is 1. The second-order valence-electron chi connectivity index (χ2n) is 3.68. The summed E-state index contributed by atoms with van der Waals surface area (Å²) in [6.07, 6.45) is 0. The van der Waals surface area contributed by atoms with Crippen LogP contribution in [0.25, 0.3) is 11.4 Å². The minimum absolute atomic E-state index is 0.0422. The molecule has 0 saturated heterocycles. The first-order valence-corrected chi connectivity index (χ1v) is 7.62. The van der Waals surface area contributed by atoms with Crippen LogP contribution in [-0.4, -0.2) is 31.6 Å². The molecule has 100 valence electrons. The first-order valence-electron chi connectivity index (χ1n) is 5.18. The molecule has 0 aliphatic heterocycles. The SMILES string of the molecule is Cn1c(SCC(=O)O)nnc1-c1ccc(I)c(Cl)c1. The summed E-state index contributed by atoms with van der Waals surface area (Å²) in [5, 5.41) is 17.9. The van der Waals surface area contributed by atoms with E-state index in [2.05, 4.69) is 32.8 Å². The molecule has 1 aromatic carbocycles. The van der Waals surface area contributed by atoms with Crippen LogP contribution in [0.3, 0.4) is 0 Å². The van der Waals surface area contributed by atoms with Gasteiger partial charge in [-0.15, -0.1) is 10.2 Å². The molecule has 0 saturated carbocycles. The van der Waals surface area contributed by atoms with Crippen LogP contribution < -0.4 is 0 Å². The van der Waals surface area contributed by atoms with E-state index in [9.17, 15) is 4.79 Å². The van der Waals surface area contributed by atoms with Gasteiger partial charge in [0.25, 0.3) is 0 Å². The summed E-state index contributed by atoms with van der Waals surface area (Å²) in [4.78, 5) is 10.5. The van der Waals surface area contributed by atoms with E-state index in [-0.39, 0.29) is 5.75 Å². The van der Waals surface area contributed by atoms with Crippen molar-refractivity contribution in [3.63, 3.8) is 0 Å². The Kier molecular flexibility index (Phi) is 4.69. The van der Waals surface area contributed by atoms with Crippen molar-refractivity contribution in [2.24, 2.45) is 7.05 Å². The zero-order chi connectivity index (χ0) is 14.0. The molecule has 1 N–H and O–H groups in total. The van der Waals surface area contributed by atoms with E-state index >= 15 is 0 Å². The van der Waals surface area contributed by atoms with Crippen LogP contribution in [0, 0.1) is 3.57 Å². The van der Waals surface area contributed by atoms with E-state index in [1.165, 1.54) is 0 Å². The smallest absolute Gasteiger partial charge is 0.313 e. The molecule has 0 atom stereocenters. The number of benzene rings is 1. The van der Waals surface area contributed by atoms with Crippen LogP contribution in [-0.2, 0) is 11.8 Å². The predicted molar refractivity (Wildman–Crippen MR) is 82.5 cm³/mol. The van der Waals surface area contributed by atoms with Crippen LogP contribution in [0.1, 0.15) is 0 Å². The van der Waals surface area contributed by atoms with Gasteiger partial charge in [0.05, 0.1) is 10.8 Å². The Balaban J connectivity index is 2.30. The maximum Gasteiger partial charge on any atom is 0.313 e. The molecule has 1 heterocycles. The Morgan fingerprint density at radius 1 is 1.53 bits per heavy atom. The molecule has 2 aromatic rings. The van der Waals surface area contributed by atoms with Crippen molar-refractivity contribution in [3.8, 4) is 11.4 Å². The first-order chi connectivity index (χ1) is 8.99. The van der Waals surface area contributed by atoms with Crippen molar-refractivity contribution >= 4 is 51.9 Å². The van der Waals surface area contributed by atoms with Gasteiger partial charge >= 0.3 is 5.97 Å². The predicted octanol–water partition coefficient (Wildman–Crippen LogP) is 2.92.